The number of aliphatic hydroxyl groups excluding tert-OH is 1. The Labute approximate surface area is 113 Å². The van der Waals surface area contributed by atoms with Crippen LogP contribution in [0.3, 0.4) is 0 Å². The molecular formula is C13H14F3N3O. The van der Waals surface area contributed by atoms with Crippen LogP contribution >= 0.6 is 0 Å². The molecule has 1 unspecified atom stereocenters. The Morgan fingerprint density at radius 3 is 2.70 bits per heavy atom. The van der Waals surface area contributed by atoms with Crippen LogP contribution in [0.15, 0.2) is 12.1 Å². The van der Waals surface area contributed by atoms with Crippen molar-refractivity contribution in [3.63, 3.8) is 0 Å². The Hall–Kier alpha value is -1.60. The third-order valence-electron chi connectivity index (χ3n) is 3.49. The molecule has 3 rings (SSSR count). The highest BCUT2D eigenvalue weighted by Crippen LogP contribution is 2.35. The standard InChI is InChI=1S/C13H14F3N3O/c1-6-2-8(13(14,15)16)11-9(3-6)18-12(19-11)10-4-7(20)5-17-10/h2-3,7,10,17,20H,4-5H2,1H3,(H,18,19)/t7-,10?/m1/s1. The van der Waals surface area contributed by atoms with E-state index in [9.17, 15) is 18.3 Å². The fourth-order valence-electron chi connectivity index (χ4n) is 2.59. The highest BCUT2D eigenvalue weighted by Gasteiger charge is 2.35. The Bertz CT molecular complexity index is 650. The van der Waals surface area contributed by atoms with E-state index in [4.69, 9.17) is 0 Å². The van der Waals surface area contributed by atoms with Gasteiger partial charge in [0.1, 0.15) is 11.3 Å². The monoisotopic (exact) mass is 285 g/mol. The number of nitrogens with one attached hydrogen (secondary N) is 2. The number of nitrogens with zero attached hydrogens (tertiary/aromatic N) is 1. The molecule has 1 fully saturated rings. The van der Waals surface area contributed by atoms with E-state index < -0.39 is 17.8 Å². The van der Waals surface area contributed by atoms with Gasteiger partial charge >= 0.3 is 6.18 Å². The summed E-state index contributed by atoms with van der Waals surface area (Å²) in [5.41, 5.74) is 0.102. The molecule has 2 aromatic rings. The van der Waals surface area contributed by atoms with Crippen molar-refractivity contribution in [3.05, 3.63) is 29.1 Å². The van der Waals surface area contributed by atoms with Crippen molar-refractivity contribution in [2.24, 2.45) is 0 Å². The summed E-state index contributed by atoms with van der Waals surface area (Å²) in [7, 11) is 0. The smallest absolute Gasteiger partial charge is 0.392 e. The predicted octanol–water partition coefficient (Wildman–Crippen LogP) is 2.29. The Morgan fingerprint density at radius 1 is 1.35 bits per heavy atom. The molecule has 1 saturated heterocycles. The van der Waals surface area contributed by atoms with Gasteiger partial charge in [0.05, 0.1) is 23.2 Å². The molecule has 2 atom stereocenters. The largest absolute Gasteiger partial charge is 0.418 e. The summed E-state index contributed by atoms with van der Waals surface area (Å²) < 4.78 is 39.1. The van der Waals surface area contributed by atoms with Gasteiger partial charge in [0, 0.05) is 6.54 Å². The molecule has 1 aromatic carbocycles. The van der Waals surface area contributed by atoms with E-state index in [1.807, 2.05) is 0 Å². The third kappa shape index (κ3) is 2.27. The van der Waals surface area contributed by atoms with E-state index in [-0.39, 0.29) is 11.6 Å². The van der Waals surface area contributed by atoms with Gasteiger partial charge in [-0.1, -0.05) is 0 Å². The molecule has 108 valence electrons. The SMILES string of the molecule is Cc1cc(C(F)(F)F)c2nc(C3C[C@@H](O)CN3)[nH]c2c1. The molecule has 1 aliphatic heterocycles. The second kappa shape index (κ2) is 4.46. The molecule has 20 heavy (non-hydrogen) atoms. The minimum atomic E-state index is -4.43. The Kier molecular flexibility index (Phi) is 2.98. The number of aryl methyl sites for hydroxylation is 1. The first-order valence-electron chi connectivity index (χ1n) is 6.33. The first kappa shape index (κ1) is 13.4. The van der Waals surface area contributed by atoms with Gasteiger partial charge < -0.3 is 15.4 Å². The molecule has 1 aliphatic rings. The molecular weight excluding hydrogens is 271 g/mol. The van der Waals surface area contributed by atoms with Crippen LogP contribution in [-0.4, -0.2) is 27.7 Å². The van der Waals surface area contributed by atoms with Crippen molar-refractivity contribution in [2.75, 3.05) is 6.54 Å². The first-order chi connectivity index (χ1) is 9.34. The maximum atomic E-state index is 13.0. The summed E-state index contributed by atoms with van der Waals surface area (Å²) in [6.45, 7) is 2.04. The van der Waals surface area contributed by atoms with Crippen LogP contribution in [0.2, 0.25) is 0 Å². The van der Waals surface area contributed by atoms with Crippen molar-refractivity contribution in [2.45, 2.75) is 31.7 Å². The Balaban J connectivity index is 2.11. The first-order valence-corrected chi connectivity index (χ1v) is 6.33. The number of alkyl halides is 3. The van der Waals surface area contributed by atoms with E-state index in [0.29, 0.717) is 29.9 Å². The zero-order valence-corrected chi connectivity index (χ0v) is 10.8. The quantitative estimate of drug-likeness (QED) is 0.753. The number of hydrogen-bond acceptors (Lipinski definition) is 3. The van der Waals surface area contributed by atoms with Gasteiger partial charge in [0.15, 0.2) is 0 Å². The van der Waals surface area contributed by atoms with Gasteiger partial charge in [-0.05, 0) is 31.0 Å². The summed E-state index contributed by atoms with van der Waals surface area (Å²) in [5, 5.41) is 12.5. The number of aromatic nitrogens is 2. The summed E-state index contributed by atoms with van der Waals surface area (Å²) >= 11 is 0. The molecule has 3 N–H and O–H groups in total. The number of fused-ring (bicyclic) bond motifs is 1. The molecule has 0 bridgehead atoms. The van der Waals surface area contributed by atoms with Gasteiger partial charge in [-0.15, -0.1) is 0 Å². The number of aromatic amines is 1. The van der Waals surface area contributed by atoms with Crippen LogP contribution in [-0.2, 0) is 6.18 Å². The molecule has 2 heterocycles. The minimum Gasteiger partial charge on any atom is -0.392 e. The summed E-state index contributed by atoms with van der Waals surface area (Å²) in [5.74, 6) is 0.438. The fraction of sp³-hybridized carbons (Fsp3) is 0.462. The van der Waals surface area contributed by atoms with E-state index >= 15 is 0 Å². The molecule has 4 nitrogen and oxygen atoms in total. The zero-order valence-electron chi connectivity index (χ0n) is 10.8. The third-order valence-corrected chi connectivity index (χ3v) is 3.49. The van der Waals surface area contributed by atoms with Gasteiger partial charge in [-0.25, -0.2) is 4.98 Å². The number of hydrogen-bond donors (Lipinski definition) is 3. The van der Waals surface area contributed by atoms with Gasteiger partial charge in [0.2, 0.25) is 0 Å². The minimum absolute atomic E-state index is 0.0683. The van der Waals surface area contributed by atoms with Crippen molar-refractivity contribution in [1.29, 1.82) is 0 Å². The van der Waals surface area contributed by atoms with Crippen LogP contribution in [0.1, 0.15) is 29.4 Å². The van der Waals surface area contributed by atoms with Crippen molar-refractivity contribution < 1.29 is 18.3 Å². The predicted molar refractivity (Wildman–Crippen MR) is 67.2 cm³/mol. The van der Waals surface area contributed by atoms with Gasteiger partial charge in [-0.3, -0.25) is 0 Å². The van der Waals surface area contributed by atoms with Crippen LogP contribution in [0.4, 0.5) is 13.2 Å². The van der Waals surface area contributed by atoms with Gasteiger partial charge in [0.25, 0.3) is 0 Å². The normalized spacial score (nSPS) is 23.6. The molecule has 7 heteroatoms. The maximum absolute atomic E-state index is 13.0. The lowest BCUT2D eigenvalue weighted by molar-refractivity contribution is -0.136. The van der Waals surface area contributed by atoms with Crippen LogP contribution in [0.25, 0.3) is 11.0 Å². The number of aliphatic hydroxyl groups is 1. The fourth-order valence-corrected chi connectivity index (χ4v) is 2.59. The second-order valence-corrected chi connectivity index (χ2v) is 5.18. The number of H-pyrrole nitrogens is 1. The molecule has 1 aromatic heterocycles. The Morgan fingerprint density at radius 2 is 2.10 bits per heavy atom. The van der Waals surface area contributed by atoms with E-state index in [1.54, 1.807) is 13.0 Å². The van der Waals surface area contributed by atoms with Crippen molar-refractivity contribution in [1.82, 2.24) is 15.3 Å². The number of rotatable bonds is 1. The maximum Gasteiger partial charge on any atom is 0.418 e. The van der Waals surface area contributed by atoms with Crippen molar-refractivity contribution in [3.8, 4) is 0 Å². The molecule has 0 aliphatic carbocycles. The number of β-amino-alcohol motifs (C(OH)–C–C–N with tert-alkyl or cyclic N) is 1. The molecule has 0 spiro atoms. The lowest BCUT2D eigenvalue weighted by Gasteiger charge is -2.08. The van der Waals surface area contributed by atoms with Crippen LogP contribution in [0.5, 0.6) is 0 Å². The average Bonchev–Trinajstić information content (AvgIpc) is 2.92. The highest BCUT2D eigenvalue weighted by molar-refractivity contribution is 5.80. The van der Waals surface area contributed by atoms with E-state index in [1.165, 1.54) is 0 Å². The van der Waals surface area contributed by atoms with Crippen molar-refractivity contribution >= 4 is 11.0 Å². The van der Waals surface area contributed by atoms with E-state index in [2.05, 4.69) is 15.3 Å². The zero-order chi connectivity index (χ0) is 14.5. The number of halogens is 3. The summed E-state index contributed by atoms with van der Waals surface area (Å²) in [4.78, 5) is 7.01. The molecule has 0 saturated carbocycles. The highest BCUT2D eigenvalue weighted by atomic mass is 19.4. The average molecular weight is 285 g/mol. The summed E-state index contributed by atoms with van der Waals surface area (Å²) in [6, 6.07) is 2.51. The van der Waals surface area contributed by atoms with Crippen LogP contribution < -0.4 is 5.32 Å². The summed E-state index contributed by atoms with van der Waals surface area (Å²) in [6.07, 6.45) is -4.48. The lowest BCUT2D eigenvalue weighted by atomic mass is 10.1. The van der Waals surface area contributed by atoms with Crippen LogP contribution in [0, 0.1) is 6.92 Å². The molecule has 0 radical (unpaired) electrons. The number of benzene rings is 1. The topological polar surface area (TPSA) is 60.9 Å². The van der Waals surface area contributed by atoms with E-state index in [0.717, 1.165) is 6.07 Å². The molecule has 0 amide bonds. The lowest BCUT2D eigenvalue weighted by Crippen LogP contribution is -2.15. The van der Waals surface area contributed by atoms with Gasteiger partial charge in [-0.2, -0.15) is 13.2 Å². The second-order valence-electron chi connectivity index (χ2n) is 5.18. The number of imidazole rings is 1.